The predicted molar refractivity (Wildman–Crippen MR) is 75.1 cm³/mol. The van der Waals surface area contributed by atoms with Crippen LogP contribution < -0.4 is 5.32 Å². The Balaban J connectivity index is 2.23. The molecule has 2 rings (SSSR count). The predicted octanol–water partition coefficient (Wildman–Crippen LogP) is 1.45. The number of methoxy groups -OCH3 is 1. The Hall–Kier alpha value is -2.43. The molecule has 5 heteroatoms. The van der Waals surface area contributed by atoms with Crippen LogP contribution in [0, 0.1) is 0 Å². The summed E-state index contributed by atoms with van der Waals surface area (Å²) in [5.74, 6) is -0.753. The molecule has 1 atom stereocenters. The maximum Gasteiger partial charge on any atom is 0.328 e. The van der Waals surface area contributed by atoms with Gasteiger partial charge in [0.25, 0.3) is 0 Å². The van der Waals surface area contributed by atoms with E-state index in [2.05, 4.69) is 10.3 Å². The van der Waals surface area contributed by atoms with Gasteiger partial charge in [-0.3, -0.25) is 9.78 Å². The molecule has 0 aliphatic heterocycles. The molecule has 1 amide bonds. The molecule has 0 spiro atoms. The van der Waals surface area contributed by atoms with E-state index in [1.807, 2.05) is 36.4 Å². The average molecular weight is 272 g/mol. The summed E-state index contributed by atoms with van der Waals surface area (Å²) < 4.78 is 4.69. The molecule has 104 valence electrons. The Morgan fingerprint density at radius 3 is 2.70 bits per heavy atom. The molecule has 0 radical (unpaired) electrons. The van der Waals surface area contributed by atoms with Crippen LogP contribution in [0.4, 0.5) is 0 Å². The highest BCUT2D eigenvalue weighted by Crippen LogP contribution is 2.13. The SMILES string of the molecule is COC(=O)[C@H](Cc1ccc2ccccc2n1)NC(C)=O. The van der Waals surface area contributed by atoms with E-state index in [9.17, 15) is 9.59 Å². The van der Waals surface area contributed by atoms with Crippen LogP contribution in [0.3, 0.4) is 0 Å². The lowest BCUT2D eigenvalue weighted by Gasteiger charge is -2.15. The van der Waals surface area contributed by atoms with Crippen molar-refractivity contribution in [1.82, 2.24) is 10.3 Å². The van der Waals surface area contributed by atoms with Crippen LogP contribution in [-0.4, -0.2) is 30.0 Å². The number of para-hydroxylation sites is 1. The molecule has 0 fully saturated rings. The molecule has 1 aromatic carbocycles. The van der Waals surface area contributed by atoms with Crippen LogP contribution >= 0.6 is 0 Å². The molecule has 1 aromatic heterocycles. The van der Waals surface area contributed by atoms with Crippen molar-refractivity contribution < 1.29 is 14.3 Å². The Morgan fingerprint density at radius 2 is 2.00 bits per heavy atom. The number of carbonyl (C=O) groups excluding carboxylic acids is 2. The molecule has 0 bridgehead atoms. The van der Waals surface area contributed by atoms with Gasteiger partial charge in [0.1, 0.15) is 6.04 Å². The summed E-state index contributed by atoms with van der Waals surface area (Å²) in [6.45, 7) is 1.36. The van der Waals surface area contributed by atoms with Crippen LogP contribution in [0.15, 0.2) is 36.4 Å². The number of carbonyl (C=O) groups is 2. The molecule has 2 aromatic rings. The van der Waals surface area contributed by atoms with Crippen molar-refractivity contribution in [2.45, 2.75) is 19.4 Å². The first kappa shape index (κ1) is 14.0. The third-order valence-corrected chi connectivity index (χ3v) is 2.93. The van der Waals surface area contributed by atoms with Gasteiger partial charge in [-0.05, 0) is 12.1 Å². The molecule has 0 saturated heterocycles. The second-order valence-electron chi connectivity index (χ2n) is 4.48. The van der Waals surface area contributed by atoms with E-state index in [1.165, 1.54) is 14.0 Å². The van der Waals surface area contributed by atoms with Crippen LogP contribution in [0.1, 0.15) is 12.6 Å². The number of nitrogens with one attached hydrogen (secondary N) is 1. The minimum Gasteiger partial charge on any atom is -0.467 e. The van der Waals surface area contributed by atoms with Crippen molar-refractivity contribution >= 4 is 22.8 Å². The second-order valence-corrected chi connectivity index (χ2v) is 4.48. The van der Waals surface area contributed by atoms with Gasteiger partial charge in [-0.1, -0.05) is 24.3 Å². The number of nitrogens with zero attached hydrogens (tertiary/aromatic N) is 1. The van der Waals surface area contributed by atoms with E-state index in [1.54, 1.807) is 0 Å². The summed E-state index contributed by atoms with van der Waals surface area (Å²) in [5, 5.41) is 3.61. The van der Waals surface area contributed by atoms with Gasteiger partial charge >= 0.3 is 5.97 Å². The first-order chi connectivity index (χ1) is 9.60. The fourth-order valence-electron chi connectivity index (χ4n) is 2.01. The molecule has 0 aliphatic rings. The standard InChI is InChI=1S/C15H16N2O3/c1-10(18)16-14(15(19)20-2)9-12-8-7-11-5-3-4-6-13(11)17-12/h3-8,14H,9H2,1-2H3,(H,16,18)/t14-/m0/s1. The van der Waals surface area contributed by atoms with Crippen molar-refractivity contribution in [3.8, 4) is 0 Å². The maximum atomic E-state index is 11.7. The summed E-state index contributed by atoms with van der Waals surface area (Å²) >= 11 is 0. The zero-order valence-electron chi connectivity index (χ0n) is 11.4. The third kappa shape index (κ3) is 3.32. The number of hydrogen-bond donors (Lipinski definition) is 1. The minimum atomic E-state index is -0.717. The van der Waals surface area contributed by atoms with Crippen LogP contribution in [0.2, 0.25) is 0 Å². The minimum absolute atomic E-state index is 0.277. The quantitative estimate of drug-likeness (QED) is 0.855. The number of fused-ring (bicyclic) bond motifs is 1. The lowest BCUT2D eigenvalue weighted by atomic mass is 10.1. The van der Waals surface area contributed by atoms with E-state index < -0.39 is 12.0 Å². The smallest absolute Gasteiger partial charge is 0.328 e. The number of aromatic nitrogens is 1. The molecular weight excluding hydrogens is 256 g/mol. The number of rotatable bonds is 4. The van der Waals surface area contributed by atoms with Gasteiger partial charge in [0.15, 0.2) is 0 Å². The first-order valence-corrected chi connectivity index (χ1v) is 6.30. The van der Waals surface area contributed by atoms with Crippen molar-refractivity contribution in [3.05, 3.63) is 42.1 Å². The fraction of sp³-hybridized carbons (Fsp3) is 0.267. The van der Waals surface area contributed by atoms with Gasteiger partial charge in [0.05, 0.1) is 12.6 Å². The molecule has 0 aliphatic carbocycles. The lowest BCUT2D eigenvalue weighted by molar-refractivity contribution is -0.144. The van der Waals surface area contributed by atoms with E-state index in [4.69, 9.17) is 4.74 Å². The highest BCUT2D eigenvalue weighted by atomic mass is 16.5. The largest absolute Gasteiger partial charge is 0.467 e. The molecule has 1 N–H and O–H groups in total. The highest BCUT2D eigenvalue weighted by Gasteiger charge is 2.21. The van der Waals surface area contributed by atoms with Crippen LogP contribution in [0.25, 0.3) is 10.9 Å². The third-order valence-electron chi connectivity index (χ3n) is 2.93. The van der Waals surface area contributed by atoms with E-state index in [0.29, 0.717) is 6.42 Å². The Bertz CT molecular complexity index is 640. The molecule has 0 saturated carbocycles. The molecule has 1 heterocycles. The summed E-state index contributed by atoms with van der Waals surface area (Å²) in [6.07, 6.45) is 0.303. The molecule has 5 nitrogen and oxygen atoms in total. The highest BCUT2D eigenvalue weighted by molar-refractivity contribution is 5.83. The number of benzene rings is 1. The van der Waals surface area contributed by atoms with Gasteiger partial charge < -0.3 is 10.1 Å². The zero-order valence-corrected chi connectivity index (χ0v) is 11.4. The summed E-state index contributed by atoms with van der Waals surface area (Å²) in [4.78, 5) is 27.3. The van der Waals surface area contributed by atoms with Crippen molar-refractivity contribution in [1.29, 1.82) is 0 Å². The van der Waals surface area contributed by atoms with Gasteiger partial charge in [0.2, 0.25) is 5.91 Å². The second kappa shape index (κ2) is 6.14. The number of hydrogen-bond acceptors (Lipinski definition) is 4. The Labute approximate surface area is 117 Å². The first-order valence-electron chi connectivity index (χ1n) is 6.30. The normalized spacial score (nSPS) is 11.9. The zero-order chi connectivity index (χ0) is 14.5. The van der Waals surface area contributed by atoms with Crippen molar-refractivity contribution in [3.63, 3.8) is 0 Å². The van der Waals surface area contributed by atoms with Gasteiger partial charge in [-0.15, -0.1) is 0 Å². The topological polar surface area (TPSA) is 68.3 Å². The number of pyridine rings is 1. The van der Waals surface area contributed by atoms with Crippen molar-refractivity contribution in [2.75, 3.05) is 7.11 Å². The number of ether oxygens (including phenoxy) is 1. The lowest BCUT2D eigenvalue weighted by Crippen LogP contribution is -2.42. The van der Waals surface area contributed by atoms with E-state index in [0.717, 1.165) is 16.6 Å². The summed E-state index contributed by atoms with van der Waals surface area (Å²) in [5.41, 5.74) is 1.59. The fourth-order valence-corrected chi connectivity index (χ4v) is 2.01. The van der Waals surface area contributed by atoms with Gasteiger partial charge in [0, 0.05) is 24.4 Å². The van der Waals surface area contributed by atoms with Gasteiger partial charge in [-0.2, -0.15) is 0 Å². The maximum absolute atomic E-state index is 11.7. The van der Waals surface area contributed by atoms with Gasteiger partial charge in [-0.25, -0.2) is 4.79 Å². The molecule has 0 unspecified atom stereocenters. The average Bonchev–Trinajstić information content (AvgIpc) is 2.45. The Kier molecular flexibility index (Phi) is 4.30. The summed E-state index contributed by atoms with van der Waals surface area (Å²) in [7, 11) is 1.30. The Morgan fingerprint density at radius 1 is 1.25 bits per heavy atom. The number of amides is 1. The van der Waals surface area contributed by atoms with Crippen LogP contribution in [-0.2, 0) is 20.7 Å². The molecular formula is C15H16N2O3. The summed E-state index contributed by atoms with van der Waals surface area (Å²) in [6, 6.07) is 10.8. The van der Waals surface area contributed by atoms with E-state index in [-0.39, 0.29) is 5.91 Å². The van der Waals surface area contributed by atoms with Crippen molar-refractivity contribution in [2.24, 2.45) is 0 Å². The molecule has 20 heavy (non-hydrogen) atoms. The monoisotopic (exact) mass is 272 g/mol. The van der Waals surface area contributed by atoms with E-state index >= 15 is 0 Å². The number of esters is 1. The van der Waals surface area contributed by atoms with Crippen LogP contribution in [0.5, 0.6) is 0 Å².